The van der Waals surface area contributed by atoms with E-state index in [1.54, 1.807) is 45.9 Å². The summed E-state index contributed by atoms with van der Waals surface area (Å²) in [6, 6.07) is 12.4. The summed E-state index contributed by atoms with van der Waals surface area (Å²) in [5, 5.41) is 8.36. The summed E-state index contributed by atoms with van der Waals surface area (Å²) in [7, 11) is -1.64. The van der Waals surface area contributed by atoms with E-state index in [4.69, 9.17) is 0 Å². The Labute approximate surface area is 201 Å². The van der Waals surface area contributed by atoms with Crippen molar-refractivity contribution in [1.29, 1.82) is 0 Å². The molecule has 0 aliphatic heterocycles. The monoisotopic (exact) mass is 488 g/mol. The second kappa shape index (κ2) is 8.02. The molecule has 1 aromatic carbocycles. The number of hydrogen-bond donors (Lipinski definition) is 1. The maximum Gasteiger partial charge on any atom is 0.235 e. The lowest BCUT2D eigenvalue weighted by molar-refractivity contribution is 0.587. The zero-order valence-corrected chi connectivity index (χ0v) is 19.6. The molecular formula is C25H21FN6O2S. The lowest BCUT2D eigenvalue weighted by atomic mass is 9.99. The standard InChI is InChI=1S/C25H21FN6O2S/c1-31-14-19(12-28-31)16-4-7-24-23(13-29-32(24)15-16)18-9-17(22-3-2-8-27-25(22)26)10-20(11-18)30-35(33,34)21-5-6-21/h2-4,7-15,21,30H,5-6H2,1H3. The molecule has 35 heavy (non-hydrogen) atoms. The Morgan fingerprint density at radius 3 is 2.46 bits per heavy atom. The third-order valence-electron chi connectivity index (χ3n) is 6.09. The van der Waals surface area contributed by atoms with Crippen molar-refractivity contribution in [2.45, 2.75) is 18.1 Å². The highest BCUT2D eigenvalue weighted by molar-refractivity contribution is 7.93. The minimum Gasteiger partial charge on any atom is -0.283 e. The van der Waals surface area contributed by atoms with Gasteiger partial charge in [-0.1, -0.05) is 6.07 Å². The molecule has 1 aliphatic carbocycles. The number of rotatable bonds is 6. The van der Waals surface area contributed by atoms with E-state index >= 15 is 0 Å². The third kappa shape index (κ3) is 4.06. The first kappa shape index (κ1) is 21.5. The van der Waals surface area contributed by atoms with Gasteiger partial charge in [0.25, 0.3) is 0 Å². The predicted octanol–water partition coefficient (Wildman–Crippen LogP) is 4.51. The van der Waals surface area contributed by atoms with Gasteiger partial charge in [-0.3, -0.25) is 9.40 Å². The summed E-state index contributed by atoms with van der Waals surface area (Å²) in [5.41, 5.74) is 5.45. The molecule has 5 aromatic rings. The molecule has 0 spiro atoms. The SMILES string of the molecule is Cn1cc(-c2ccc3c(-c4cc(NS(=O)(=O)C5CC5)cc(-c5cccnc5F)c4)cnn3c2)cn1. The second-order valence-electron chi connectivity index (χ2n) is 8.70. The highest BCUT2D eigenvalue weighted by atomic mass is 32.2. The number of pyridine rings is 2. The Bertz CT molecular complexity index is 1690. The van der Waals surface area contributed by atoms with Crippen LogP contribution in [0.4, 0.5) is 10.1 Å². The van der Waals surface area contributed by atoms with Crippen molar-refractivity contribution in [1.82, 2.24) is 24.4 Å². The van der Waals surface area contributed by atoms with E-state index in [1.165, 1.54) is 6.20 Å². The van der Waals surface area contributed by atoms with E-state index in [2.05, 4.69) is 19.9 Å². The Morgan fingerprint density at radius 1 is 0.943 bits per heavy atom. The molecular weight excluding hydrogens is 467 g/mol. The fourth-order valence-electron chi connectivity index (χ4n) is 4.17. The smallest absolute Gasteiger partial charge is 0.235 e. The molecule has 0 saturated heterocycles. The Balaban J connectivity index is 1.47. The Morgan fingerprint density at radius 2 is 1.74 bits per heavy atom. The van der Waals surface area contributed by atoms with Crippen LogP contribution in [0.1, 0.15) is 12.8 Å². The molecule has 4 heterocycles. The van der Waals surface area contributed by atoms with Crippen LogP contribution in [0.25, 0.3) is 38.9 Å². The third-order valence-corrected chi connectivity index (χ3v) is 7.96. The van der Waals surface area contributed by atoms with E-state index in [0.29, 0.717) is 29.7 Å². The van der Waals surface area contributed by atoms with E-state index in [9.17, 15) is 12.8 Å². The Hall–Kier alpha value is -4.05. The maximum atomic E-state index is 14.5. The minimum atomic E-state index is -3.50. The van der Waals surface area contributed by atoms with Crippen LogP contribution in [0.2, 0.25) is 0 Å². The fourth-order valence-corrected chi connectivity index (χ4v) is 5.54. The number of anilines is 1. The summed E-state index contributed by atoms with van der Waals surface area (Å²) in [4.78, 5) is 3.75. The average Bonchev–Trinajstić information content (AvgIpc) is 3.49. The van der Waals surface area contributed by atoms with Crippen molar-refractivity contribution in [2.75, 3.05) is 4.72 Å². The normalized spacial score (nSPS) is 13.9. The number of aromatic nitrogens is 5. The van der Waals surface area contributed by atoms with Gasteiger partial charge in [-0.15, -0.1) is 0 Å². The maximum absolute atomic E-state index is 14.5. The molecule has 0 atom stereocenters. The van der Waals surface area contributed by atoms with Gasteiger partial charge in [0, 0.05) is 53.6 Å². The Kier molecular flexibility index (Phi) is 4.92. The minimum absolute atomic E-state index is 0.288. The molecule has 1 saturated carbocycles. The number of nitrogens with one attached hydrogen (secondary N) is 1. The molecule has 0 amide bonds. The summed E-state index contributed by atoms with van der Waals surface area (Å²) < 4.78 is 46.0. The van der Waals surface area contributed by atoms with E-state index < -0.39 is 16.0 Å². The van der Waals surface area contributed by atoms with Gasteiger partial charge in [0.1, 0.15) is 0 Å². The summed E-state index contributed by atoms with van der Waals surface area (Å²) in [5.74, 6) is -0.623. The number of sulfonamides is 1. The van der Waals surface area contributed by atoms with E-state index in [1.807, 2.05) is 37.6 Å². The van der Waals surface area contributed by atoms with Crippen molar-refractivity contribution < 1.29 is 12.8 Å². The van der Waals surface area contributed by atoms with Crippen LogP contribution in [-0.2, 0) is 17.1 Å². The van der Waals surface area contributed by atoms with E-state index in [0.717, 1.165) is 22.2 Å². The quantitative estimate of drug-likeness (QED) is 0.355. The highest BCUT2D eigenvalue weighted by Gasteiger charge is 2.35. The first-order chi connectivity index (χ1) is 16.9. The number of aryl methyl sites for hydroxylation is 1. The van der Waals surface area contributed by atoms with Crippen LogP contribution in [0, 0.1) is 5.95 Å². The summed E-state index contributed by atoms with van der Waals surface area (Å²) in [6.45, 7) is 0. The van der Waals surface area contributed by atoms with Gasteiger partial charge in [-0.25, -0.2) is 17.9 Å². The van der Waals surface area contributed by atoms with Crippen LogP contribution in [0.15, 0.2) is 73.4 Å². The van der Waals surface area contributed by atoms with Crippen LogP contribution in [-0.4, -0.2) is 38.0 Å². The first-order valence-electron chi connectivity index (χ1n) is 11.1. The van der Waals surface area contributed by atoms with E-state index in [-0.39, 0.29) is 10.8 Å². The van der Waals surface area contributed by atoms with Gasteiger partial charge >= 0.3 is 0 Å². The molecule has 6 rings (SSSR count). The van der Waals surface area contributed by atoms with Gasteiger partial charge in [-0.05, 0) is 60.4 Å². The van der Waals surface area contributed by atoms with Crippen LogP contribution in [0.3, 0.4) is 0 Å². The van der Waals surface area contributed by atoms with Crippen molar-refractivity contribution in [2.24, 2.45) is 7.05 Å². The van der Waals surface area contributed by atoms with Crippen LogP contribution >= 0.6 is 0 Å². The number of benzene rings is 1. The second-order valence-corrected chi connectivity index (χ2v) is 10.7. The topological polar surface area (TPSA) is 94.2 Å². The number of halogens is 1. The molecule has 0 radical (unpaired) electrons. The molecule has 4 aromatic heterocycles. The van der Waals surface area contributed by atoms with Gasteiger partial charge in [0.05, 0.1) is 23.2 Å². The molecule has 176 valence electrons. The number of hydrogen-bond acceptors (Lipinski definition) is 5. The first-order valence-corrected chi connectivity index (χ1v) is 12.7. The zero-order valence-electron chi connectivity index (χ0n) is 18.8. The molecule has 1 N–H and O–H groups in total. The van der Waals surface area contributed by atoms with Gasteiger partial charge in [0.15, 0.2) is 0 Å². The number of nitrogens with zero attached hydrogens (tertiary/aromatic N) is 5. The van der Waals surface area contributed by atoms with Crippen LogP contribution < -0.4 is 4.72 Å². The van der Waals surface area contributed by atoms with Crippen LogP contribution in [0.5, 0.6) is 0 Å². The number of fused-ring (bicyclic) bond motifs is 1. The van der Waals surface area contributed by atoms with Crippen molar-refractivity contribution >= 4 is 21.2 Å². The van der Waals surface area contributed by atoms with Crippen molar-refractivity contribution in [3.63, 3.8) is 0 Å². The molecule has 1 aliphatic rings. The fraction of sp³-hybridized carbons (Fsp3) is 0.160. The van der Waals surface area contributed by atoms with Gasteiger partial charge in [-0.2, -0.15) is 14.6 Å². The molecule has 8 nitrogen and oxygen atoms in total. The average molecular weight is 489 g/mol. The van der Waals surface area contributed by atoms with Crippen molar-refractivity contribution in [3.8, 4) is 33.4 Å². The molecule has 10 heteroatoms. The van der Waals surface area contributed by atoms with Gasteiger partial charge < -0.3 is 0 Å². The van der Waals surface area contributed by atoms with Gasteiger partial charge in [0.2, 0.25) is 16.0 Å². The summed E-state index contributed by atoms with van der Waals surface area (Å²) >= 11 is 0. The largest absolute Gasteiger partial charge is 0.283 e. The summed E-state index contributed by atoms with van der Waals surface area (Å²) in [6.07, 6.45) is 10.0. The zero-order chi connectivity index (χ0) is 24.2. The molecule has 0 unspecified atom stereocenters. The molecule has 0 bridgehead atoms. The lowest BCUT2D eigenvalue weighted by Crippen LogP contribution is -2.17. The predicted molar refractivity (Wildman–Crippen MR) is 132 cm³/mol. The highest BCUT2D eigenvalue weighted by Crippen LogP contribution is 2.36. The lowest BCUT2D eigenvalue weighted by Gasteiger charge is -2.12. The molecule has 1 fully saturated rings. The van der Waals surface area contributed by atoms with Crippen molar-refractivity contribution in [3.05, 3.63) is 79.4 Å².